The molecule has 0 aromatic heterocycles. The van der Waals surface area contributed by atoms with E-state index in [0.717, 1.165) is 25.7 Å². The van der Waals surface area contributed by atoms with Crippen molar-refractivity contribution in [1.82, 2.24) is 4.90 Å². The first-order valence-corrected chi connectivity index (χ1v) is 6.83. The fraction of sp³-hybridized carbons (Fsp3) is 0.714. The van der Waals surface area contributed by atoms with Crippen molar-refractivity contribution in [2.75, 3.05) is 19.6 Å². The van der Waals surface area contributed by atoms with Gasteiger partial charge in [0.05, 0.1) is 0 Å². The molecule has 0 spiro atoms. The van der Waals surface area contributed by atoms with E-state index in [1.807, 2.05) is 0 Å². The van der Waals surface area contributed by atoms with Crippen LogP contribution in [0.15, 0.2) is 12.7 Å². The molecule has 1 aliphatic rings. The Morgan fingerprint density at radius 1 is 1.32 bits per heavy atom. The zero-order chi connectivity index (χ0) is 14.3. The highest BCUT2D eigenvalue weighted by molar-refractivity contribution is 5.82. The molecule has 0 unspecified atom stereocenters. The number of hydrogen-bond donors (Lipinski definition) is 2. The van der Waals surface area contributed by atoms with Gasteiger partial charge in [0, 0.05) is 13.0 Å². The lowest BCUT2D eigenvalue weighted by molar-refractivity contribution is -0.145. The average molecular weight is 268 g/mol. The van der Waals surface area contributed by atoms with Gasteiger partial charge in [-0.2, -0.15) is 0 Å². The highest BCUT2D eigenvalue weighted by Gasteiger charge is 2.34. The number of hydrogen-bond acceptors (Lipinski definition) is 3. The molecule has 5 nitrogen and oxygen atoms in total. The van der Waals surface area contributed by atoms with Crippen molar-refractivity contribution >= 4 is 11.9 Å². The summed E-state index contributed by atoms with van der Waals surface area (Å²) in [7, 11) is 0. The predicted molar refractivity (Wildman–Crippen MR) is 73.6 cm³/mol. The molecule has 1 saturated carbocycles. The number of carboxylic acid groups (broad SMARTS) is 1. The Kier molecular flexibility index (Phi) is 6.02. The number of carbonyl (C=O) groups is 2. The van der Waals surface area contributed by atoms with Crippen LogP contribution in [0.5, 0.6) is 0 Å². The van der Waals surface area contributed by atoms with Crippen molar-refractivity contribution in [3.05, 3.63) is 12.7 Å². The SMILES string of the molecule is C=CCN(CC(=O)O)C(=O)CC1(CN)CCCCC1. The summed E-state index contributed by atoms with van der Waals surface area (Å²) < 4.78 is 0. The maximum Gasteiger partial charge on any atom is 0.323 e. The number of aliphatic carboxylic acids is 1. The molecule has 0 heterocycles. The van der Waals surface area contributed by atoms with Crippen LogP contribution in [0.4, 0.5) is 0 Å². The molecular weight excluding hydrogens is 244 g/mol. The quantitative estimate of drug-likeness (QED) is 0.683. The summed E-state index contributed by atoms with van der Waals surface area (Å²) in [5.41, 5.74) is 5.72. The van der Waals surface area contributed by atoms with Gasteiger partial charge < -0.3 is 15.7 Å². The van der Waals surface area contributed by atoms with Crippen LogP contribution < -0.4 is 5.73 Å². The Balaban J connectivity index is 2.67. The van der Waals surface area contributed by atoms with E-state index in [0.29, 0.717) is 13.0 Å². The van der Waals surface area contributed by atoms with Crippen molar-refractivity contribution < 1.29 is 14.7 Å². The minimum atomic E-state index is -0.999. The number of carbonyl (C=O) groups excluding carboxylic acids is 1. The van der Waals surface area contributed by atoms with Gasteiger partial charge in [-0.15, -0.1) is 6.58 Å². The smallest absolute Gasteiger partial charge is 0.323 e. The Morgan fingerprint density at radius 3 is 2.42 bits per heavy atom. The average Bonchev–Trinajstić information content (AvgIpc) is 2.39. The second-order valence-corrected chi connectivity index (χ2v) is 5.40. The highest BCUT2D eigenvalue weighted by Crippen LogP contribution is 2.38. The summed E-state index contributed by atoms with van der Waals surface area (Å²) in [5.74, 6) is -1.13. The number of amides is 1. The van der Waals surface area contributed by atoms with E-state index < -0.39 is 5.97 Å². The Labute approximate surface area is 114 Å². The zero-order valence-corrected chi connectivity index (χ0v) is 11.4. The van der Waals surface area contributed by atoms with E-state index in [2.05, 4.69) is 6.58 Å². The van der Waals surface area contributed by atoms with Gasteiger partial charge in [-0.3, -0.25) is 9.59 Å². The first-order valence-electron chi connectivity index (χ1n) is 6.83. The maximum atomic E-state index is 12.3. The summed E-state index contributed by atoms with van der Waals surface area (Å²) in [6, 6.07) is 0. The third-order valence-electron chi connectivity index (χ3n) is 3.90. The van der Waals surface area contributed by atoms with Crippen LogP contribution in [0, 0.1) is 5.41 Å². The van der Waals surface area contributed by atoms with Gasteiger partial charge in [-0.05, 0) is 24.8 Å². The lowest BCUT2D eigenvalue weighted by atomic mass is 9.71. The highest BCUT2D eigenvalue weighted by atomic mass is 16.4. The molecule has 0 saturated heterocycles. The molecule has 0 aliphatic heterocycles. The second-order valence-electron chi connectivity index (χ2n) is 5.40. The zero-order valence-electron chi connectivity index (χ0n) is 11.4. The molecule has 1 aliphatic carbocycles. The van der Waals surface area contributed by atoms with Gasteiger partial charge in [0.1, 0.15) is 6.54 Å². The molecule has 3 N–H and O–H groups in total. The molecule has 0 atom stereocenters. The maximum absolute atomic E-state index is 12.3. The van der Waals surface area contributed by atoms with E-state index in [1.165, 1.54) is 11.3 Å². The van der Waals surface area contributed by atoms with Crippen molar-refractivity contribution in [2.24, 2.45) is 11.1 Å². The monoisotopic (exact) mass is 268 g/mol. The van der Waals surface area contributed by atoms with Gasteiger partial charge in [-0.25, -0.2) is 0 Å². The number of nitrogens with two attached hydrogens (primary N) is 1. The molecule has 1 rings (SSSR count). The molecule has 1 amide bonds. The fourth-order valence-corrected chi connectivity index (χ4v) is 2.76. The second kappa shape index (κ2) is 7.28. The van der Waals surface area contributed by atoms with Crippen LogP contribution in [0.25, 0.3) is 0 Å². The molecule has 0 aromatic carbocycles. The molecule has 0 bridgehead atoms. The number of rotatable bonds is 7. The van der Waals surface area contributed by atoms with Crippen molar-refractivity contribution in [1.29, 1.82) is 0 Å². The Hall–Kier alpha value is -1.36. The van der Waals surface area contributed by atoms with Crippen molar-refractivity contribution in [2.45, 2.75) is 38.5 Å². The summed E-state index contributed by atoms with van der Waals surface area (Å²) in [6.07, 6.45) is 7.23. The number of carboxylic acids is 1. The molecule has 108 valence electrons. The molecular formula is C14H24N2O3. The van der Waals surface area contributed by atoms with E-state index in [1.54, 1.807) is 6.08 Å². The predicted octanol–water partition coefficient (Wildman–Crippen LogP) is 1.38. The standard InChI is InChI=1S/C14H24N2O3/c1-2-8-16(10-13(18)19)12(17)9-14(11-15)6-4-3-5-7-14/h2H,1,3-11,15H2,(H,18,19). The lowest BCUT2D eigenvalue weighted by Gasteiger charge is -2.37. The Bertz CT molecular complexity index is 336. The molecule has 1 fully saturated rings. The topological polar surface area (TPSA) is 83.6 Å². The normalized spacial score (nSPS) is 17.7. The van der Waals surface area contributed by atoms with E-state index in [9.17, 15) is 9.59 Å². The van der Waals surface area contributed by atoms with Crippen LogP contribution in [0.2, 0.25) is 0 Å². The molecule has 5 heteroatoms. The van der Waals surface area contributed by atoms with E-state index >= 15 is 0 Å². The van der Waals surface area contributed by atoms with Crippen molar-refractivity contribution in [3.63, 3.8) is 0 Å². The lowest BCUT2D eigenvalue weighted by Crippen LogP contribution is -2.42. The molecule has 19 heavy (non-hydrogen) atoms. The molecule has 0 radical (unpaired) electrons. The van der Waals surface area contributed by atoms with E-state index in [4.69, 9.17) is 10.8 Å². The third-order valence-corrected chi connectivity index (χ3v) is 3.90. The van der Waals surface area contributed by atoms with Crippen LogP contribution >= 0.6 is 0 Å². The van der Waals surface area contributed by atoms with Gasteiger partial charge in [-0.1, -0.05) is 25.3 Å². The molecule has 0 aromatic rings. The van der Waals surface area contributed by atoms with Crippen LogP contribution in [0.1, 0.15) is 38.5 Å². The summed E-state index contributed by atoms with van der Waals surface area (Å²) in [5, 5.41) is 8.83. The summed E-state index contributed by atoms with van der Waals surface area (Å²) in [4.78, 5) is 24.4. The summed E-state index contributed by atoms with van der Waals surface area (Å²) >= 11 is 0. The van der Waals surface area contributed by atoms with Gasteiger partial charge in [0.15, 0.2) is 0 Å². The Morgan fingerprint density at radius 2 is 1.95 bits per heavy atom. The minimum absolute atomic E-state index is 0.130. The minimum Gasteiger partial charge on any atom is -0.480 e. The van der Waals surface area contributed by atoms with Crippen LogP contribution in [-0.4, -0.2) is 41.5 Å². The van der Waals surface area contributed by atoms with Gasteiger partial charge in [0.2, 0.25) is 5.91 Å². The largest absolute Gasteiger partial charge is 0.480 e. The first kappa shape index (κ1) is 15.7. The third kappa shape index (κ3) is 4.67. The van der Waals surface area contributed by atoms with Gasteiger partial charge in [0.25, 0.3) is 0 Å². The van der Waals surface area contributed by atoms with Gasteiger partial charge >= 0.3 is 5.97 Å². The van der Waals surface area contributed by atoms with Crippen LogP contribution in [0.3, 0.4) is 0 Å². The number of nitrogens with zero attached hydrogens (tertiary/aromatic N) is 1. The van der Waals surface area contributed by atoms with Crippen molar-refractivity contribution in [3.8, 4) is 0 Å². The fourth-order valence-electron chi connectivity index (χ4n) is 2.76. The van der Waals surface area contributed by atoms with E-state index in [-0.39, 0.29) is 24.4 Å². The summed E-state index contributed by atoms with van der Waals surface area (Å²) in [6.45, 7) is 4.05. The first-order chi connectivity index (χ1) is 9.03. The van der Waals surface area contributed by atoms with Crippen LogP contribution in [-0.2, 0) is 9.59 Å².